The summed E-state index contributed by atoms with van der Waals surface area (Å²) in [5.41, 5.74) is 1.27. The van der Waals surface area contributed by atoms with E-state index < -0.39 is 10.0 Å². The minimum absolute atomic E-state index is 0.0982. The van der Waals surface area contributed by atoms with Crippen LogP contribution in [0, 0.1) is 18.8 Å². The monoisotopic (exact) mass is 432 g/mol. The van der Waals surface area contributed by atoms with Gasteiger partial charge < -0.3 is 9.32 Å². The van der Waals surface area contributed by atoms with E-state index >= 15 is 0 Å². The fraction of sp³-hybridized carbons (Fsp3) is 0.609. The fourth-order valence-electron chi connectivity index (χ4n) is 5.05. The van der Waals surface area contributed by atoms with Gasteiger partial charge >= 0.3 is 0 Å². The molecule has 1 aromatic carbocycles. The minimum Gasteiger partial charge on any atom is -0.451 e. The number of amides is 1. The third kappa shape index (κ3) is 3.78. The summed E-state index contributed by atoms with van der Waals surface area (Å²) in [5.74, 6) is 0.921. The summed E-state index contributed by atoms with van der Waals surface area (Å²) in [7, 11) is -3.58. The maximum atomic E-state index is 13.3. The van der Waals surface area contributed by atoms with Gasteiger partial charge in [-0.15, -0.1) is 0 Å². The first kappa shape index (κ1) is 21.4. The summed E-state index contributed by atoms with van der Waals surface area (Å²) in [6.07, 6.45) is 4.19. The molecule has 2 aromatic rings. The number of benzene rings is 1. The Bertz CT molecular complexity index is 1050. The van der Waals surface area contributed by atoms with Crippen molar-refractivity contribution in [3.05, 3.63) is 29.5 Å². The molecule has 4 rings (SSSR count). The zero-order valence-corrected chi connectivity index (χ0v) is 19.2. The molecule has 0 aliphatic carbocycles. The van der Waals surface area contributed by atoms with Crippen molar-refractivity contribution in [2.24, 2.45) is 11.8 Å². The number of sulfonamides is 1. The largest absolute Gasteiger partial charge is 0.451 e. The number of nitrogens with zero attached hydrogens (tertiary/aromatic N) is 2. The predicted molar refractivity (Wildman–Crippen MR) is 117 cm³/mol. The van der Waals surface area contributed by atoms with Gasteiger partial charge in [0.1, 0.15) is 5.58 Å². The summed E-state index contributed by atoms with van der Waals surface area (Å²) in [6.45, 7) is 9.94. The van der Waals surface area contributed by atoms with Gasteiger partial charge in [-0.1, -0.05) is 13.8 Å². The molecule has 30 heavy (non-hydrogen) atoms. The van der Waals surface area contributed by atoms with E-state index in [0.29, 0.717) is 47.2 Å². The number of furan rings is 1. The van der Waals surface area contributed by atoms with Crippen LogP contribution in [0.25, 0.3) is 11.0 Å². The molecule has 3 atom stereocenters. The molecular weight excluding hydrogens is 400 g/mol. The van der Waals surface area contributed by atoms with Crippen LogP contribution >= 0.6 is 0 Å². The number of hydrogen-bond donors (Lipinski definition) is 0. The Morgan fingerprint density at radius 1 is 1.10 bits per heavy atom. The zero-order chi connectivity index (χ0) is 21.6. The molecule has 1 aromatic heterocycles. The van der Waals surface area contributed by atoms with Crippen molar-refractivity contribution in [3.8, 4) is 0 Å². The highest BCUT2D eigenvalue weighted by atomic mass is 32.2. The van der Waals surface area contributed by atoms with E-state index in [9.17, 15) is 13.2 Å². The lowest BCUT2D eigenvalue weighted by Crippen LogP contribution is -2.42. The van der Waals surface area contributed by atoms with Crippen molar-refractivity contribution in [3.63, 3.8) is 0 Å². The van der Waals surface area contributed by atoms with Crippen molar-refractivity contribution in [2.45, 2.75) is 64.3 Å². The van der Waals surface area contributed by atoms with Gasteiger partial charge in [0.2, 0.25) is 10.0 Å². The Morgan fingerprint density at radius 3 is 2.47 bits per heavy atom. The first-order valence-electron chi connectivity index (χ1n) is 11.0. The Morgan fingerprint density at radius 2 is 1.80 bits per heavy atom. The number of fused-ring (bicyclic) bond motifs is 1. The maximum Gasteiger partial charge on any atom is 0.290 e. The molecule has 2 saturated heterocycles. The molecule has 0 radical (unpaired) electrons. The van der Waals surface area contributed by atoms with Crippen LogP contribution in [0.2, 0.25) is 0 Å². The third-order valence-electron chi connectivity index (χ3n) is 6.64. The van der Waals surface area contributed by atoms with Crippen molar-refractivity contribution in [2.75, 3.05) is 19.6 Å². The molecule has 2 aliphatic heterocycles. The molecule has 164 valence electrons. The maximum absolute atomic E-state index is 13.3. The second-order valence-electron chi connectivity index (χ2n) is 9.33. The molecule has 0 saturated carbocycles. The number of aryl methyl sites for hydroxylation is 1. The van der Waals surface area contributed by atoms with E-state index in [1.165, 1.54) is 0 Å². The van der Waals surface area contributed by atoms with Crippen LogP contribution in [-0.4, -0.2) is 49.2 Å². The van der Waals surface area contributed by atoms with Gasteiger partial charge in [-0.25, -0.2) is 8.42 Å². The van der Waals surface area contributed by atoms with Crippen molar-refractivity contribution >= 4 is 26.9 Å². The van der Waals surface area contributed by atoms with Crippen LogP contribution in [0.15, 0.2) is 27.5 Å². The number of rotatable bonds is 3. The van der Waals surface area contributed by atoms with Gasteiger partial charge in [-0.3, -0.25) is 4.79 Å². The topological polar surface area (TPSA) is 70.8 Å². The summed E-state index contributed by atoms with van der Waals surface area (Å²) >= 11 is 0. The van der Waals surface area contributed by atoms with E-state index in [-0.39, 0.29) is 16.8 Å². The van der Waals surface area contributed by atoms with Crippen molar-refractivity contribution in [1.29, 1.82) is 0 Å². The number of carbonyl (C=O) groups excluding carboxylic acids is 1. The summed E-state index contributed by atoms with van der Waals surface area (Å²) < 4.78 is 34.1. The van der Waals surface area contributed by atoms with E-state index in [1.54, 1.807) is 22.5 Å². The van der Waals surface area contributed by atoms with Gasteiger partial charge in [0, 0.05) is 36.6 Å². The molecule has 0 spiro atoms. The Hall–Kier alpha value is -1.86. The second kappa shape index (κ2) is 8.00. The highest BCUT2D eigenvalue weighted by Gasteiger charge is 2.33. The lowest BCUT2D eigenvalue weighted by atomic mass is 9.94. The van der Waals surface area contributed by atoms with Crippen LogP contribution in [-0.2, 0) is 10.0 Å². The van der Waals surface area contributed by atoms with Gasteiger partial charge in [0.15, 0.2) is 5.76 Å². The van der Waals surface area contributed by atoms with E-state index in [1.807, 2.05) is 11.8 Å². The summed E-state index contributed by atoms with van der Waals surface area (Å²) in [5, 5.41) is 0.696. The van der Waals surface area contributed by atoms with Crippen LogP contribution < -0.4 is 0 Å². The molecule has 3 unspecified atom stereocenters. The average Bonchev–Trinajstić information content (AvgIpc) is 3.03. The van der Waals surface area contributed by atoms with E-state index in [0.717, 1.165) is 32.2 Å². The Balaban J connectivity index is 1.68. The standard InChI is InChI=1S/C23H32N2O4S/c1-15-11-16(2)14-24(13-15)30(27,28)19-8-9-21-20(12-19)18(4)22(29-21)23(26)25-10-6-5-7-17(25)3/h8-9,12,15-17H,5-7,10-11,13-14H2,1-4H3. The summed E-state index contributed by atoms with van der Waals surface area (Å²) in [6, 6.07) is 5.15. The molecule has 7 heteroatoms. The third-order valence-corrected chi connectivity index (χ3v) is 8.47. The van der Waals surface area contributed by atoms with Crippen LogP contribution in [0.3, 0.4) is 0 Å². The van der Waals surface area contributed by atoms with Gasteiger partial charge in [-0.2, -0.15) is 4.31 Å². The number of carbonyl (C=O) groups is 1. The lowest BCUT2D eigenvalue weighted by Gasteiger charge is -2.34. The van der Waals surface area contributed by atoms with Crippen LogP contribution in [0.5, 0.6) is 0 Å². The molecule has 6 nitrogen and oxygen atoms in total. The molecular formula is C23H32N2O4S. The Labute approximate surface area is 179 Å². The second-order valence-corrected chi connectivity index (χ2v) is 11.3. The first-order valence-corrected chi connectivity index (χ1v) is 12.5. The van der Waals surface area contributed by atoms with Crippen LogP contribution in [0.4, 0.5) is 0 Å². The quantitative estimate of drug-likeness (QED) is 0.720. The number of likely N-dealkylation sites (tertiary alicyclic amines) is 1. The smallest absolute Gasteiger partial charge is 0.290 e. The predicted octanol–water partition coefficient (Wildman–Crippen LogP) is 4.42. The average molecular weight is 433 g/mol. The number of piperidine rings is 2. The van der Waals surface area contributed by atoms with Crippen molar-refractivity contribution in [1.82, 2.24) is 9.21 Å². The highest BCUT2D eigenvalue weighted by molar-refractivity contribution is 7.89. The summed E-state index contributed by atoms with van der Waals surface area (Å²) in [4.78, 5) is 15.3. The zero-order valence-electron chi connectivity index (χ0n) is 18.3. The Kier molecular flexibility index (Phi) is 5.70. The molecule has 0 bridgehead atoms. The van der Waals surface area contributed by atoms with Crippen LogP contribution in [0.1, 0.15) is 62.6 Å². The van der Waals surface area contributed by atoms with E-state index in [4.69, 9.17) is 4.42 Å². The lowest BCUT2D eigenvalue weighted by molar-refractivity contribution is 0.0604. The SMILES string of the molecule is Cc1c(C(=O)N2CCCCC2C)oc2ccc(S(=O)(=O)N3CC(C)CC(C)C3)cc12. The van der Waals surface area contributed by atoms with E-state index in [2.05, 4.69) is 20.8 Å². The minimum atomic E-state index is -3.58. The fourth-order valence-corrected chi connectivity index (χ4v) is 6.75. The molecule has 2 aliphatic rings. The molecule has 0 N–H and O–H groups in total. The van der Waals surface area contributed by atoms with Crippen molar-refractivity contribution < 1.29 is 17.6 Å². The number of hydrogen-bond acceptors (Lipinski definition) is 4. The van der Waals surface area contributed by atoms with Gasteiger partial charge in [0.25, 0.3) is 5.91 Å². The highest BCUT2D eigenvalue weighted by Crippen LogP contribution is 2.32. The van der Waals surface area contributed by atoms with Gasteiger partial charge in [-0.05, 0) is 69.6 Å². The normalized spacial score (nSPS) is 26.3. The molecule has 2 fully saturated rings. The van der Waals surface area contributed by atoms with Gasteiger partial charge in [0.05, 0.1) is 4.90 Å². The molecule has 1 amide bonds. The molecule has 3 heterocycles. The first-order chi connectivity index (χ1) is 14.2.